The average molecular weight is 220 g/mol. The molecule has 1 aliphatic carbocycles. The van der Waals surface area contributed by atoms with Crippen LogP contribution in [-0.4, -0.2) is 34.1 Å². The topological polar surface area (TPSA) is 75.0 Å². The Morgan fingerprint density at radius 1 is 1.44 bits per heavy atom. The number of likely N-dealkylation sites (tertiary alicyclic amines) is 1. The summed E-state index contributed by atoms with van der Waals surface area (Å²) in [5.74, 6) is 1.44. The van der Waals surface area contributed by atoms with Crippen LogP contribution in [0.4, 0.5) is 5.69 Å². The van der Waals surface area contributed by atoms with E-state index in [9.17, 15) is 4.79 Å². The van der Waals surface area contributed by atoms with Gasteiger partial charge in [-0.2, -0.15) is 5.10 Å². The molecule has 5 nitrogen and oxygen atoms in total. The molecule has 2 fully saturated rings. The zero-order chi connectivity index (χ0) is 11.1. The lowest BCUT2D eigenvalue weighted by Gasteiger charge is -2.16. The Morgan fingerprint density at radius 2 is 2.12 bits per heavy atom. The number of amides is 1. The van der Waals surface area contributed by atoms with E-state index < -0.39 is 0 Å². The molecular formula is C11H16N4O. The molecule has 2 aliphatic rings. The third-order valence-electron chi connectivity index (χ3n) is 3.90. The molecule has 3 N–H and O–H groups in total. The van der Waals surface area contributed by atoms with Gasteiger partial charge < -0.3 is 10.6 Å². The number of aromatic nitrogens is 2. The minimum Gasteiger partial charge on any atom is -0.396 e. The Bertz CT molecular complexity index is 402. The molecule has 1 saturated carbocycles. The fourth-order valence-electron chi connectivity index (χ4n) is 3.03. The standard InChI is InChI=1S/C11H16N4O/c12-9-4-13-14-10(9)11(16)15-5-7-2-1-3-8(7)6-15/h4,7-8H,1-3,5-6,12H2,(H,13,14). The lowest BCUT2D eigenvalue weighted by Crippen LogP contribution is -2.30. The highest BCUT2D eigenvalue weighted by molar-refractivity contribution is 5.97. The van der Waals surface area contributed by atoms with Crippen molar-refractivity contribution in [3.63, 3.8) is 0 Å². The van der Waals surface area contributed by atoms with E-state index in [1.807, 2.05) is 4.90 Å². The average Bonchev–Trinajstić information content (AvgIpc) is 2.89. The molecule has 5 heteroatoms. The number of aromatic amines is 1. The van der Waals surface area contributed by atoms with Crippen LogP contribution in [0.1, 0.15) is 29.8 Å². The van der Waals surface area contributed by atoms with Crippen LogP contribution in [0, 0.1) is 11.8 Å². The number of nitrogens with zero attached hydrogens (tertiary/aromatic N) is 2. The second kappa shape index (κ2) is 3.50. The molecule has 86 valence electrons. The molecule has 1 aliphatic heterocycles. The molecule has 0 radical (unpaired) electrons. The Morgan fingerprint density at radius 3 is 2.69 bits per heavy atom. The number of fused-ring (bicyclic) bond motifs is 1. The molecule has 0 bridgehead atoms. The highest BCUT2D eigenvalue weighted by atomic mass is 16.2. The fourth-order valence-corrected chi connectivity index (χ4v) is 3.03. The van der Waals surface area contributed by atoms with E-state index in [1.165, 1.54) is 25.5 Å². The van der Waals surface area contributed by atoms with Gasteiger partial charge in [0.15, 0.2) is 0 Å². The van der Waals surface area contributed by atoms with E-state index in [0.29, 0.717) is 23.2 Å². The first-order chi connectivity index (χ1) is 7.75. The number of carbonyl (C=O) groups excluding carboxylic acids is 1. The van der Waals surface area contributed by atoms with E-state index in [4.69, 9.17) is 5.73 Å². The van der Waals surface area contributed by atoms with Crippen LogP contribution in [-0.2, 0) is 0 Å². The van der Waals surface area contributed by atoms with Crippen molar-refractivity contribution < 1.29 is 4.79 Å². The summed E-state index contributed by atoms with van der Waals surface area (Å²) in [6.45, 7) is 1.78. The van der Waals surface area contributed by atoms with E-state index in [1.54, 1.807) is 0 Å². The summed E-state index contributed by atoms with van der Waals surface area (Å²) in [6, 6.07) is 0. The van der Waals surface area contributed by atoms with Crippen LogP contribution >= 0.6 is 0 Å². The maximum atomic E-state index is 12.1. The van der Waals surface area contributed by atoms with Crippen LogP contribution in [0.5, 0.6) is 0 Å². The number of rotatable bonds is 1. The van der Waals surface area contributed by atoms with Gasteiger partial charge in [-0.25, -0.2) is 0 Å². The lowest BCUT2D eigenvalue weighted by atomic mass is 10.0. The molecule has 2 heterocycles. The van der Waals surface area contributed by atoms with Gasteiger partial charge in [-0.05, 0) is 24.7 Å². The smallest absolute Gasteiger partial charge is 0.274 e. The van der Waals surface area contributed by atoms with Gasteiger partial charge in [0.25, 0.3) is 5.91 Å². The lowest BCUT2D eigenvalue weighted by molar-refractivity contribution is 0.0776. The van der Waals surface area contributed by atoms with E-state index in [0.717, 1.165) is 13.1 Å². The molecule has 1 aromatic rings. The first-order valence-electron chi connectivity index (χ1n) is 5.84. The summed E-state index contributed by atoms with van der Waals surface area (Å²) < 4.78 is 0. The van der Waals surface area contributed by atoms with Crippen molar-refractivity contribution in [1.29, 1.82) is 0 Å². The Kier molecular flexibility index (Phi) is 2.12. The minimum absolute atomic E-state index is 0.00407. The normalized spacial score (nSPS) is 28.4. The summed E-state index contributed by atoms with van der Waals surface area (Å²) in [4.78, 5) is 14.0. The van der Waals surface area contributed by atoms with Crippen molar-refractivity contribution in [2.24, 2.45) is 11.8 Å². The summed E-state index contributed by atoms with van der Waals surface area (Å²) in [5, 5.41) is 6.47. The third kappa shape index (κ3) is 1.38. The van der Waals surface area contributed by atoms with Gasteiger partial charge in [0.05, 0.1) is 11.9 Å². The van der Waals surface area contributed by atoms with Crippen LogP contribution in [0.3, 0.4) is 0 Å². The highest BCUT2D eigenvalue weighted by Crippen LogP contribution is 2.38. The Hall–Kier alpha value is -1.52. The monoisotopic (exact) mass is 220 g/mol. The predicted octanol–water partition coefficient (Wildman–Crippen LogP) is 0.864. The fraction of sp³-hybridized carbons (Fsp3) is 0.636. The Labute approximate surface area is 94.0 Å². The van der Waals surface area contributed by atoms with Crippen LogP contribution in [0.15, 0.2) is 6.20 Å². The van der Waals surface area contributed by atoms with Gasteiger partial charge >= 0.3 is 0 Å². The van der Waals surface area contributed by atoms with Crippen molar-refractivity contribution in [1.82, 2.24) is 15.1 Å². The number of nitrogens with one attached hydrogen (secondary N) is 1. The molecular weight excluding hydrogens is 204 g/mol. The van der Waals surface area contributed by atoms with Gasteiger partial charge in [0, 0.05) is 13.1 Å². The third-order valence-corrected chi connectivity index (χ3v) is 3.90. The van der Waals surface area contributed by atoms with Crippen LogP contribution < -0.4 is 5.73 Å². The second-order valence-electron chi connectivity index (χ2n) is 4.86. The summed E-state index contributed by atoms with van der Waals surface area (Å²) in [7, 11) is 0. The molecule has 16 heavy (non-hydrogen) atoms. The van der Waals surface area contributed by atoms with Gasteiger partial charge in [-0.1, -0.05) is 6.42 Å². The largest absolute Gasteiger partial charge is 0.396 e. The summed E-state index contributed by atoms with van der Waals surface area (Å²) in [5.41, 5.74) is 6.57. The van der Waals surface area contributed by atoms with Gasteiger partial charge in [-0.15, -0.1) is 0 Å². The van der Waals surface area contributed by atoms with E-state index in [-0.39, 0.29) is 5.91 Å². The van der Waals surface area contributed by atoms with E-state index >= 15 is 0 Å². The molecule has 1 saturated heterocycles. The number of nitrogens with two attached hydrogens (primary N) is 1. The van der Waals surface area contributed by atoms with Crippen LogP contribution in [0.25, 0.3) is 0 Å². The summed E-state index contributed by atoms with van der Waals surface area (Å²) >= 11 is 0. The van der Waals surface area contributed by atoms with Gasteiger partial charge in [0.2, 0.25) is 0 Å². The quantitative estimate of drug-likeness (QED) is 0.737. The molecule has 1 aromatic heterocycles. The zero-order valence-electron chi connectivity index (χ0n) is 9.15. The van der Waals surface area contributed by atoms with Gasteiger partial charge in [0.1, 0.15) is 5.69 Å². The van der Waals surface area contributed by atoms with E-state index in [2.05, 4.69) is 10.2 Å². The van der Waals surface area contributed by atoms with Crippen molar-refractivity contribution in [3.05, 3.63) is 11.9 Å². The molecule has 3 rings (SSSR count). The molecule has 0 aromatic carbocycles. The zero-order valence-corrected chi connectivity index (χ0v) is 9.15. The van der Waals surface area contributed by atoms with Crippen molar-refractivity contribution >= 4 is 11.6 Å². The molecule has 2 unspecified atom stereocenters. The number of hydrogen-bond acceptors (Lipinski definition) is 3. The van der Waals surface area contributed by atoms with Gasteiger partial charge in [-0.3, -0.25) is 9.89 Å². The number of anilines is 1. The second-order valence-corrected chi connectivity index (χ2v) is 4.86. The maximum Gasteiger partial charge on any atom is 0.274 e. The SMILES string of the molecule is Nc1cn[nH]c1C(=O)N1CC2CCCC2C1. The molecule has 0 spiro atoms. The van der Waals surface area contributed by atoms with Crippen molar-refractivity contribution in [3.8, 4) is 0 Å². The number of carbonyl (C=O) groups is 1. The first-order valence-corrected chi connectivity index (χ1v) is 5.84. The van der Waals surface area contributed by atoms with Crippen molar-refractivity contribution in [2.75, 3.05) is 18.8 Å². The number of H-pyrrole nitrogens is 1. The summed E-state index contributed by atoms with van der Waals surface area (Å²) in [6.07, 6.45) is 5.35. The molecule has 1 amide bonds. The molecule has 2 atom stereocenters. The highest BCUT2D eigenvalue weighted by Gasteiger charge is 2.38. The maximum absolute atomic E-state index is 12.1. The number of nitrogen functional groups attached to an aromatic ring is 1. The predicted molar refractivity (Wildman–Crippen MR) is 59.7 cm³/mol. The van der Waals surface area contributed by atoms with Crippen molar-refractivity contribution in [2.45, 2.75) is 19.3 Å². The number of hydrogen-bond donors (Lipinski definition) is 2. The van der Waals surface area contributed by atoms with Crippen LogP contribution in [0.2, 0.25) is 0 Å². The minimum atomic E-state index is 0.00407. The first kappa shape index (κ1) is 9.69. The Balaban J connectivity index is 1.75.